The number of hydrogen-bond donors (Lipinski definition) is 2. The molecule has 2 aliphatic heterocycles. The van der Waals surface area contributed by atoms with Crippen molar-refractivity contribution < 1.29 is 19.2 Å². The lowest BCUT2D eigenvalue weighted by atomic mass is 9.79. The molecule has 2 atom stereocenters. The standard InChI is InChI=1S/C30H33N3O2.C30H29N3O2/c2*1-29(2,3)28(35)33(20-22-9-5-4-6-10-22)16-8-11-21-13-14-23-18-30(19-24(23)17-21)25-12-7-15-31-26(25)32-27(30)34/h4-7,9-10,12-15,17H,8,11,16,18-20H2,1-3H3,(H,31,32,34);4-7,9-10,12-15,17H,16,18-20H2,1-3H3,(H,31,32,34). The third-order valence-corrected chi connectivity index (χ3v) is 14.1. The third kappa shape index (κ3) is 9.76. The first-order valence-corrected chi connectivity index (χ1v) is 24.4. The monoisotopic (exact) mass is 930 g/mol. The van der Waals surface area contributed by atoms with Crippen molar-refractivity contribution in [2.75, 3.05) is 23.7 Å². The van der Waals surface area contributed by atoms with E-state index in [1.54, 1.807) is 12.4 Å². The molecule has 0 saturated heterocycles. The van der Waals surface area contributed by atoms with Crippen LogP contribution < -0.4 is 10.6 Å². The molecule has 6 aromatic rings. The van der Waals surface area contributed by atoms with Gasteiger partial charge in [0.2, 0.25) is 23.6 Å². The molecular weight excluding hydrogens is 869 g/mol. The molecule has 70 heavy (non-hydrogen) atoms. The zero-order chi connectivity index (χ0) is 49.3. The van der Waals surface area contributed by atoms with Gasteiger partial charge in [-0.3, -0.25) is 19.2 Å². The van der Waals surface area contributed by atoms with E-state index in [0.29, 0.717) is 57.1 Å². The fourth-order valence-electron chi connectivity index (χ4n) is 10.5. The minimum Gasteiger partial charge on any atom is -0.338 e. The van der Waals surface area contributed by atoms with Crippen molar-refractivity contribution in [1.29, 1.82) is 0 Å². The van der Waals surface area contributed by atoms with E-state index in [9.17, 15) is 19.2 Å². The Labute approximate surface area is 412 Å². The number of nitrogens with one attached hydrogen (secondary N) is 2. The number of nitrogens with zero attached hydrogens (tertiary/aromatic N) is 4. The van der Waals surface area contributed by atoms with E-state index in [0.717, 1.165) is 52.6 Å². The highest BCUT2D eigenvalue weighted by atomic mass is 16.2. The maximum absolute atomic E-state index is 13.1. The number of pyridine rings is 2. The minimum absolute atomic E-state index is 0.0206. The Morgan fingerprint density at radius 3 is 1.60 bits per heavy atom. The molecule has 2 aliphatic carbocycles. The number of benzene rings is 4. The Morgan fingerprint density at radius 1 is 0.571 bits per heavy atom. The van der Waals surface area contributed by atoms with E-state index < -0.39 is 21.7 Å². The predicted octanol–water partition coefficient (Wildman–Crippen LogP) is 9.57. The number of aryl methyl sites for hydroxylation is 1. The van der Waals surface area contributed by atoms with Crippen molar-refractivity contribution >= 4 is 35.3 Å². The van der Waals surface area contributed by atoms with E-state index in [-0.39, 0.29) is 23.6 Å². The molecule has 0 saturated carbocycles. The van der Waals surface area contributed by atoms with Gasteiger partial charge in [-0.25, -0.2) is 9.97 Å². The second-order valence-corrected chi connectivity index (χ2v) is 21.4. The fraction of sp³-hybridized carbons (Fsp3) is 0.333. The van der Waals surface area contributed by atoms with Crippen LogP contribution in [0.4, 0.5) is 11.6 Å². The summed E-state index contributed by atoms with van der Waals surface area (Å²) in [5, 5.41) is 5.93. The largest absolute Gasteiger partial charge is 0.338 e. The van der Waals surface area contributed by atoms with Gasteiger partial charge in [0.05, 0.1) is 17.4 Å². The molecule has 2 aromatic heterocycles. The quantitative estimate of drug-likeness (QED) is 0.139. The Kier molecular flexibility index (Phi) is 13.1. The maximum atomic E-state index is 13.1. The average molecular weight is 931 g/mol. The molecule has 2 unspecified atom stereocenters. The molecule has 4 amide bonds. The van der Waals surface area contributed by atoms with Gasteiger partial charge >= 0.3 is 0 Å². The molecule has 4 heterocycles. The molecule has 2 spiro atoms. The van der Waals surface area contributed by atoms with Crippen LogP contribution in [0.1, 0.15) is 104 Å². The van der Waals surface area contributed by atoms with Crippen molar-refractivity contribution in [2.45, 2.75) is 104 Å². The first-order chi connectivity index (χ1) is 33.5. The van der Waals surface area contributed by atoms with Crippen LogP contribution in [0.15, 0.2) is 134 Å². The number of amides is 4. The molecule has 0 fully saturated rings. The predicted molar refractivity (Wildman–Crippen MR) is 275 cm³/mol. The zero-order valence-electron chi connectivity index (χ0n) is 41.2. The normalized spacial score (nSPS) is 18.1. The molecule has 0 bridgehead atoms. The summed E-state index contributed by atoms with van der Waals surface area (Å²) in [6.45, 7) is 14.0. The highest BCUT2D eigenvalue weighted by Gasteiger charge is 2.52. The van der Waals surface area contributed by atoms with Gasteiger partial charge < -0.3 is 20.4 Å². The van der Waals surface area contributed by atoms with E-state index >= 15 is 0 Å². The second-order valence-electron chi connectivity index (χ2n) is 21.4. The molecule has 10 rings (SSSR count). The van der Waals surface area contributed by atoms with Gasteiger partial charge in [0.1, 0.15) is 11.6 Å². The average Bonchev–Trinajstić information content (AvgIpc) is 4.07. The number of anilines is 2. The Bertz CT molecular complexity index is 3030. The molecular formula is C60H62N6O4. The maximum Gasteiger partial charge on any atom is 0.237 e. The fourth-order valence-corrected chi connectivity index (χ4v) is 10.5. The van der Waals surface area contributed by atoms with Gasteiger partial charge in [0, 0.05) is 59.5 Å². The summed E-state index contributed by atoms with van der Waals surface area (Å²) in [5.74, 6) is 8.17. The molecule has 2 N–H and O–H groups in total. The number of hydrogen-bond acceptors (Lipinski definition) is 6. The molecule has 10 heteroatoms. The summed E-state index contributed by atoms with van der Waals surface area (Å²) < 4.78 is 0. The van der Waals surface area contributed by atoms with Crippen molar-refractivity contribution in [3.05, 3.63) is 189 Å². The van der Waals surface area contributed by atoms with Crippen molar-refractivity contribution in [2.24, 2.45) is 10.8 Å². The summed E-state index contributed by atoms with van der Waals surface area (Å²) in [6, 6.07) is 40.8. The summed E-state index contributed by atoms with van der Waals surface area (Å²) >= 11 is 0. The smallest absolute Gasteiger partial charge is 0.237 e. The summed E-state index contributed by atoms with van der Waals surface area (Å²) in [6.07, 6.45) is 7.97. The summed E-state index contributed by atoms with van der Waals surface area (Å²) in [7, 11) is 0. The zero-order valence-corrected chi connectivity index (χ0v) is 41.2. The number of rotatable bonds is 9. The number of carbonyl (C=O) groups is 4. The highest BCUT2D eigenvalue weighted by molar-refractivity contribution is 6.07. The lowest BCUT2D eigenvalue weighted by Gasteiger charge is -2.30. The Hall–Kier alpha value is -7.38. The lowest BCUT2D eigenvalue weighted by molar-refractivity contribution is -0.140. The van der Waals surface area contributed by atoms with Crippen LogP contribution >= 0.6 is 0 Å². The van der Waals surface area contributed by atoms with Crippen LogP contribution in [0.3, 0.4) is 0 Å². The molecule has 0 radical (unpaired) electrons. The van der Waals surface area contributed by atoms with E-state index in [2.05, 4.69) is 74.9 Å². The SMILES string of the molecule is CC(C)(C)C(=O)N(CC#Cc1ccc2c(c1)CC1(C2)C(=O)Nc2ncccc21)Cc1ccccc1.CC(C)(C)C(=O)N(CCCc1ccc2c(c1)CC1(C2)C(=O)Nc2ncccc21)Cc1ccccc1. The van der Waals surface area contributed by atoms with Crippen LogP contribution in [0.5, 0.6) is 0 Å². The molecule has 4 aliphatic rings. The van der Waals surface area contributed by atoms with Gasteiger partial charge in [-0.2, -0.15) is 0 Å². The van der Waals surface area contributed by atoms with Gasteiger partial charge in [-0.05, 0) is 102 Å². The Balaban J connectivity index is 0.000000174. The van der Waals surface area contributed by atoms with Crippen LogP contribution in [-0.2, 0) is 75.2 Å². The van der Waals surface area contributed by atoms with Gasteiger partial charge in [-0.15, -0.1) is 0 Å². The Morgan fingerprint density at radius 2 is 1.06 bits per heavy atom. The van der Waals surface area contributed by atoms with E-state index in [4.69, 9.17) is 0 Å². The first-order valence-electron chi connectivity index (χ1n) is 24.4. The third-order valence-electron chi connectivity index (χ3n) is 14.1. The van der Waals surface area contributed by atoms with Crippen LogP contribution in [0, 0.1) is 22.7 Å². The van der Waals surface area contributed by atoms with Crippen molar-refractivity contribution in [1.82, 2.24) is 19.8 Å². The molecule has 4 aromatic carbocycles. The van der Waals surface area contributed by atoms with Crippen LogP contribution in [0.2, 0.25) is 0 Å². The number of aromatic nitrogens is 2. The number of carbonyl (C=O) groups excluding carboxylic acids is 4. The summed E-state index contributed by atoms with van der Waals surface area (Å²) in [5.41, 5.74) is 9.20. The topological polar surface area (TPSA) is 125 Å². The lowest BCUT2D eigenvalue weighted by Crippen LogP contribution is -2.39. The second kappa shape index (κ2) is 19.2. The molecule has 356 valence electrons. The van der Waals surface area contributed by atoms with Crippen molar-refractivity contribution in [3.8, 4) is 11.8 Å². The molecule has 10 nitrogen and oxygen atoms in total. The van der Waals surface area contributed by atoms with Gasteiger partial charge in [0.15, 0.2) is 0 Å². The highest BCUT2D eigenvalue weighted by Crippen LogP contribution is 2.48. The van der Waals surface area contributed by atoms with Crippen LogP contribution in [-0.4, -0.2) is 56.5 Å². The number of fused-ring (bicyclic) bond motifs is 6. The summed E-state index contributed by atoms with van der Waals surface area (Å²) in [4.78, 5) is 64.6. The first kappa shape index (κ1) is 47.7. The van der Waals surface area contributed by atoms with Gasteiger partial charge in [0.25, 0.3) is 0 Å². The van der Waals surface area contributed by atoms with Crippen molar-refractivity contribution in [3.63, 3.8) is 0 Å². The van der Waals surface area contributed by atoms with Gasteiger partial charge in [-0.1, -0.05) is 150 Å². The van der Waals surface area contributed by atoms with Crippen LogP contribution in [0.25, 0.3) is 0 Å². The van der Waals surface area contributed by atoms with E-state index in [1.165, 1.54) is 22.3 Å². The van der Waals surface area contributed by atoms with E-state index in [1.807, 2.05) is 130 Å². The minimum atomic E-state index is -0.580.